The molecule has 220 valence electrons. The third-order valence-electron chi connectivity index (χ3n) is 7.19. The van der Waals surface area contributed by atoms with E-state index in [-0.39, 0.29) is 22.6 Å². The Labute approximate surface area is 246 Å². The van der Waals surface area contributed by atoms with Gasteiger partial charge in [-0.2, -0.15) is 17.6 Å². The predicted molar refractivity (Wildman–Crippen MR) is 152 cm³/mol. The maximum absolute atomic E-state index is 14.5. The molecule has 43 heavy (non-hydrogen) atoms. The fourth-order valence-corrected chi connectivity index (χ4v) is 6.36. The van der Waals surface area contributed by atoms with E-state index >= 15 is 0 Å². The summed E-state index contributed by atoms with van der Waals surface area (Å²) >= 11 is 1.14. The Hall–Kier alpha value is -4.51. The monoisotopic (exact) mass is 610 g/mol. The first-order valence-electron chi connectivity index (χ1n) is 13.4. The Bertz CT molecular complexity index is 1890. The second-order valence-electron chi connectivity index (χ2n) is 9.90. The molecule has 0 N–H and O–H groups in total. The lowest BCUT2D eigenvalue weighted by molar-refractivity contribution is -0.0505. The summed E-state index contributed by atoms with van der Waals surface area (Å²) in [5.41, 5.74) is 3.84. The summed E-state index contributed by atoms with van der Waals surface area (Å²) in [4.78, 5) is 19.1. The lowest BCUT2D eigenvalue weighted by atomic mass is 9.84. The molecule has 1 aromatic heterocycles. The SMILES string of the molecule is O=c1/c(=C\c2ccccc2F)sc2n1C(c1ccc(OC(F)F)cc1)C1=C(N=2)/C(=C/c2ccc(OC(F)F)cc2)CCC1. The fourth-order valence-electron chi connectivity index (χ4n) is 5.37. The van der Waals surface area contributed by atoms with Crippen LogP contribution in [0.5, 0.6) is 11.5 Å². The van der Waals surface area contributed by atoms with Crippen LogP contribution in [0.3, 0.4) is 0 Å². The maximum atomic E-state index is 14.5. The fraction of sp³-hybridized carbons (Fsp3) is 0.188. The highest BCUT2D eigenvalue weighted by atomic mass is 32.1. The molecule has 0 saturated carbocycles. The summed E-state index contributed by atoms with van der Waals surface area (Å²) in [6.07, 6.45) is 5.51. The molecule has 4 aromatic rings. The van der Waals surface area contributed by atoms with Crippen LogP contribution in [-0.4, -0.2) is 17.8 Å². The van der Waals surface area contributed by atoms with Crippen molar-refractivity contribution in [2.45, 2.75) is 38.5 Å². The summed E-state index contributed by atoms with van der Waals surface area (Å²) in [5.74, 6) is -0.430. The number of aromatic nitrogens is 1. The number of benzene rings is 3. The van der Waals surface area contributed by atoms with Crippen LogP contribution in [0.25, 0.3) is 12.2 Å². The van der Waals surface area contributed by atoms with Gasteiger partial charge in [0.25, 0.3) is 5.56 Å². The van der Waals surface area contributed by atoms with Crippen LogP contribution >= 0.6 is 11.3 Å². The maximum Gasteiger partial charge on any atom is 0.387 e. The van der Waals surface area contributed by atoms with E-state index in [0.717, 1.165) is 34.5 Å². The summed E-state index contributed by atoms with van der Waals surface area (Å²) in [5, 5.41) is 0. The van der Waals surface area contributed by atoms with Crippen molar-refractivity contribution >= 4 is 23.5 Å². The minimum absolute atomic E-state index is 0.0107. The number of hydrogen-bond acceptors (Lipinski definition) is 5. The van der Waals surface area contributed by atoms with Gasteiger partial charge in [0.05, 0.1) is 16.3 Å². The van der Waals surface area contributed by atoms with Crippen molar-refractivity contribution in [3.8, 4) is 11.5 Å². The lowest BCUT2D eigenvalue weighted by Crippen LogP contribution is -2.39. The van der Waals surface area contributed by atoms with E-state index in [1.165, 1.54) is 36.4 Å². The predicted octanol–water partition coefficient (Wildman–Crippen LogP) is 6.82. The Morgan fingerprint density at radius 2 is 1.51 bits per heavy atom. The van der Waals surface area contributed by atoms with Gasteiger partial charge >= 0.3 is 13.2 Å². The number of rotatable bonds is 7. The topological polar surface area (TPSA) is 52.8 Å². The van der Waals surface area contributed by atoms with Crippen LogP contribution < -0.4 is 24.4 Å². The lowest BCUT2D eigenvalue weighted by Gasteiger charge is -2.31. The second-order valence-corrected chi connectivity index (χ2v) is 10.9. The second kappa shape index (κ2) is 12.0. The number of fused-ring (bicyclic) bond motifs is 1. The normalized spacial score (nSPS) is 17.7. The molecular formula is C32H23F5N2O3S. The molecule has 2 aliphatic rings. The number of allylic oxidation sites excluding steroid dienone is 2. The summed E-state index contributed by atoms with van der Waals surface area (Å²) < 4.78 is 76.1. The van der Waals surface area contributed by atoms with E-state index in [4.69, 9.17) is 4.99 Å². The third-order valence-corrected chi connectivity index (χ3v) is 8.18. The zero-order chi connectivity index (χ0) is 30.1. The van der Waals surface area contributed by atoms with Gasteiger partial charge in [0.2, 0.25) is 0 Å². The van der Waals surface area contributed by atoms with Gasteiger partial charge in [0.1, 0.15) is 17.3 Å². The molecule has 0 bridgehead atoms. The molecule has 1 atom stereocenters. The number of hydrogen-bond donors (Lipinski definition) is 0. The Kier molecular flexibility index (Phi) is 7.98. The standard InChI is InChI=1S/C32H23F5N2O3S/c33-25-7-2-1-4-20(25)17-26-29(40)39-28(19-10-14-23(15-11-19)42-31(36)37)24-6-3-5-21(27(24)38-32(39)43-26)16-18-8-12-22(13-9-18)41-30(34)35/h1-2,4,7-17,28,30-31H,3,5-6H2/b21-16+,26-17+. The molecule has 3 aromatic carbocycles. The van der Waals surface area contributed by atoms with Gasteiger partial charge in [-0.05, 0) is 84.0 Å². The Morgan fingerprint density at radius 3 is 2.16 bits per heavy atom. The molecule has 0 radical (unpaired) electrons. The zero-order valence-electron chi connectivity index (χ0n) is 22.4. The molecule has 5 nitrogen and oxygen atoms in total. The van der Waals surface area contributed by atoms with Crippen LogP contribution in [0.2, 0.25) is 0 Å². The first-order valence-corrected chi connectivity index (χ1v) is 14.2. The van der Waals surface area contributed by atoms with Gasteiger partial charge in [-0.1, -0.05) is 53.8 Å². The van der Waals surface area contributed by atoms with Crippen molar-refractivity contribution in [2.24, 2.45) is 4.99 Å². The molecule has 6 rings (SSSR count). The first-order chi connectivity index (χ1) is 20.8. The molecule has 2 heterocycles. The largest absolute Gasteiger partial charge is 0.435 e. The van der Waals surface area contributed by atoms with Crippen LogP contribution in [0.1, 0.15) is 42.0 Å². The minimum Gasteiger partial charge on any atom is -0.435 e. The van der Waals surface area contributed by atoms with Crippen molar-refractivity contribution in [2.75, 3.05) is 0 Å². The van der Waals surface area contributed by atoms with E-state index in [0.29, 0.717) is 33.4 Å². The van der Waals surface area contributed by atoms with Crippen LogP contribution in [0.15, 0.2) is 99.4 Å². The highest BCUT2D eigenvalue weighted by Crippen LogP contribution is 2.41. The first kappa shape index (κ1) is 28.6. The van der Waals surface area contributed by atoms with E-state index in [1.54, 1.807) is 47.0 Å². The Balaban J connectivity index is 1.50. The van der Waals surface area contributed by atoms with Crippen molar-refractivity contribution in [1.29, 1.82) is 0 Å². The molecule has 0 saturated heterocycles. The molecule has 1 aliphatic carbocycles. The summed E-state index contributed by atoms with van der Waals surface area (Å²) in [6.45, 7) is -5.90. The van der Waals surface area contributed by atoms with E-state index < -0.39 is 25.1 Å². The van der Waals surface area contributed by atoms with E-state index in [9.17, 15) is 26.7 Å². The summed E-state index contributed by atoms with van der Waals surface area (Å²) in [6, 6.07) is 18.0. The molecule has 1 unspecified atom stereocenters. The number of ether oxygens (including phenoxy) is 2. The number of nitrogens with zero attached hydrogens (tertiary/aromatic N) is 2. The van der Waals surface area contributed by atoms with Crippen molar-refractivity contribution in [1.82, 2.24) is 4.57 Å². The molecular weight excluding hydrogens is 587 g/mol. The number of halogens is 5. The average Bonchev–Trinajstić information content (AvgIpc) is 3.28. The van der Waals surface area contributed by atoms with Gasteiger partial charge in [-0.25, -0.2) is 9.38 Å². The van der Waals surface area contributed by atoms with Gasteiger partial charge < -0.3 is 9.47 Å². The highest BCUT2D eigenvalue weighted by Gasteiger charge is 2.32. The third kappa shape index (κ3) is 6.03. The number of alkyl halides is 4. The molecule has 0 fully saturated rings. The molecule has 0 amide bonds. The zero-order valence-corrected chi connectivity index (χ0v) is 23.2. The molecule has 11 heteroatoms. The van der Waals surface area contributed by atoms with E-state index in [2.05, 4.69) is 9.47 Å². The van der Waals surface area contributed by atoms with Crippen molar-refractivity contribution in [3.05, 3.63) is 132 Å². The van der Waals surface area contributed by atoms with Gasteiger partial charge in [0.15, 0.2) is 4.80 Å². The van der Waals surface area contributed by atoms with Crippen LogP contribution in [0.4, 0.5) is 22.0 Å². The highest BCUT2D eigenvalue weighted by molar-refractivity contribution is 7.07. The number of thiazole rings is 1. The smallest absolute Gasteiger partial charge is 0.387 e. The Morgan fingerprint density at radius 1 is 0.860 bits per heavy atom. The molecule has 0 spiro atoms. The molecule has 1 aliphatic heterocycles. The van der Waals surface area contributed by atoms with Crippen molar-refractivity contribution < 1.29 is 31.4 Å². The average molecular weight is 611 g/mol. The minimum atomic E-state index is -2.97. The van der Waals surface area contributed by atoms with Crippen LogP contribution in [-0.2, 0) is 0 Å². The van der Waals surface area contributed by atoms with Crippen LogP contribution in [0, 0.1) is 5.82 Å². The van der Waals surface area contributed by atoms with Gasteiger partial charge in [-0.15, -0.1) is 0 Å². The summed E-state index contributed by atoms with van der Waals surface area (Å²) in [7, 11) is 0. The van der Waals surface area contributed by atoms with Gasteiger partial charge in [-0.3, -0.25) is 9.36 Å². The van der Waals surface area contributed by atoms with Gasteiger partial charge in [0, 0.05) is 5.56 Å². The van der Waals surface area contributed by atoms with Crippen molar-refractivity contribution in [3.63, 3.8) is 0 Å². The quantitative estimate of drug-likeness (QED) is 0.216. The van der Waals surface area contributed by atoms with E-state index in [1.807, 2.05) is 6.08 Å².